The second-order valence-electron chi connectivity index (χ2n) is 8.00. The van der Waals surface area contributed by atoms with E-state index in [9.17, 15) is 0 Å². The van der Waals surface area contributed by atoms with Crippen molar-refractivity contribution in [2.75, 3.05) is 32.8 Å². The van der Waals surface area contributed by atoms with Crippen molar-refractivity contribution in [3.63, 3.8) is 0 Å². The van der Waals surface area contributed by atoms with Crippen LogP contribution in [0.4, 0.5) is 0 Å². The zero-order valence-electron chi connectivity index (χ0n) is 14.4. The molecule has 0 aromatic carbocycles. The van der Waals surface area contributed by atoms with Crippen LogP contribution in [0.25, 0.3) is 0 Å². The van der Waals surface area contributed by atoms with Crippen molar-refractivity contribution in [2.24, 2.45) is 17.3 Å². The van der Waals surface area contributed by atoms with Gasteiger partial charge in [0.1, 0.15) is 0 Å². The topological polar surface area (TPSA) is 35.5 Å². The number of hydrogen-bond acceptors (Lipinski definition) is 3. The van der Waals surface area contributed by atoms with Gasteiger partial charge in [-0.3, -0.25) is 0 Å². The second-order valence-corrected chi connectivity index (χ2v) is 8.00. The number of hydrogen-bond donors (Lipinski definition) is 2. The minimum absolute atomic E-state index is 0.357. The highest BCUT2D eigenvalue weighted by Gasteiger charge is 2.39. The largest absolute Gasteiger partial charge is 0.396 e. The maximum atomic E-state index is 9.11. The number of likely N-dealkylation sites (tertiary alicyclic amines) is 1. The summed E-state index contributed by atoms with van der Waals surface area (Å²) in [6, 6.07) is 0.670. The minimum atomic E-state index is 0.357. The summed E-state index contributed by atoms with van der Waals surface area (Å²) in [4.78, 5) is 2.66. The molecule has 0 aromatic rings. The Labute approximate surface area is 131 Å². The minimum Gasteiger partial charge on any atom is -0.396 e. The van der Waals surface area contributed by atoms with Crippen molar-refractivity contribution < 1.29 is 5.11 Å². The van der Waals surface area contributed by atoms with E-state index in [-0.39, 0.29) is 0 Å². The molecule has 2 N–H and O–H groups in total. The van der Waals surface area contributed by atoms with Crippen LogP contribution in [0.2, 0.25) is 0 Å². The Kier molecular flexibility index (Phi) is 6.51. The summed E-state index contributed by atoms with van der Waals surface area (Å²) in [6.07, 6.45) is 7.62. The first-order chi connectivity index (χ1) is 10.1. The molecule has 1 saturated carbocycles. The molecule has 1 saturated heterocycles. The highest BCUT2D eigenvalue weighted by Crippen LogP contribution is 2.39. The number of rotatable bonds is 7. The van der Waals surface area contributed by atoms with Gasteiger partial charge in [-0.25, -0.2) is 0 Å². The number of aliphatic hydroxyl groups is 1. The Morgan fingerprint density at radius 3 is 2.81 bits per heavy atom. The van der Waals surface area contributed by atoms with E-state index in [2.05, 4.69) is 31.0 Å². The molecule has 0 radical (unpaired) electrons. The average molecular weight is 296 g/mol. The lowest BCUT2D eigenvalue weighted by atomic mass is 9.67. The highest BCUT2D eigenvalue weighted by atomic mass is 16.3. The van der Waals surface area contributed by atoms with E-state index in [1.165, 1.54) is 51.7 Å². The van der Waals surface area contributed by atoms with Gasteiger partial charge in [0.05, 0.1) is 0 Å². The van der Waals surface area contributed by atoms with Gasteiger partial charge in [0.25, 0.3) is 0 Å². The Morgan fingerprint density at radius 1 is 1.29 bits per heavy atom. The van der Waals surface area contributed by atoms with Gasteiger partial charge in [-0.15, -0.1) is 0 Å². The Morgan fingerprint density at radius 2 is 2.10 bits per heavy atom. The van der Waals surface area contributed by atoms with Crippen LogP contribution in [0.1, 0.15) is 59.3 Å². The van der Waals surface area contributed by atoms with Crippen molar-refractivity contribution in [1.82, 2.24) is 10.2 Å². The third kappa shape index (κ3) is 4.67. The summed E-state index contributed by atoms with van der Waals surface area (Å²) < 4.78 is 0. The van der Waals surface area contributed by atoms with Crippen molar-refractivity contribution in [3.05, 3.63) is 0 Å². The molecule has 21 heavy (non-hydrogen) atoms. The quantitative estimate of drug-likeness (QED) is 0.758. The van der Waals surface area contributed by atoms with E-state index in [1.54, 1.807) is 0 Å². The molecule has 3 heteroatoms. The number of aliphatic hydroxyl groups excluding tert-OH is 1. The fourth-order valence-corrected chi connectivity index (χ4v) is 4.55. The molecule has 1 heterocycles. The molecule has 3 nitrogen and oxygen atoms in total. The molecule has 2 rings (SSSR count). The lowest BCUT2D eigenvalue weighted by molar-refractivity contribution is 0.0836. The molecule has 0 spiro atoms. The number of nitrogens with zero attached hydrogens (tertiary/aromatic N) is 1. The molecule has 0 bridgehead atoms. The van der Waals surface area contributed by atoms with E-state index < -0.39 is 0 Å². The zero-order valence-corrected chi connectivity index (χ0v) is 14.4. The van der Waals surface area contributed by atoms with E-state index in [1.807, 2.05) is 0 Å². The molecular weight excluding hydrogens is 260 g/mol. The van der Waals surface area contributed by atoms with Gasteiger partial charge in [0.2, 0.25) is 0 Å². The Balaban J connectivity index is 1.90. The first-order valence-electron chi connectivity index (χ1n) is 9.13. The summed E-state index contributed by atoms with van der Waals surface area (Å²) in [5.41, 5.74) is 0.433. The number of nitrogens with one attached hydrogen (secondary N) is 1. The maximum Gasteiger partial charge on any atom is 0.0434 e. The van der Waals surface area contributed by atoms with Crippen molar-refractivity contribution in [3.8, 4) is 0 Å². The summed E-state index contributed by atoms with van der Waals surface area (Å²) in [6.45, 7) is 12.4. The average Bonchev–Trinajstić information content (AvgIpc) is 2.85. The molecule has 3 unspecified atom stereocenters. The maximum absolute atomic E-state index is 9.11. The predicted molar refractivity (Wildman–Crippen MR) is 89.5 cm³/mol. The van der Waals surface area contributed by atoms with Gasteiger partial charge in [0.15, 0.2) is 0 Å². The molecule has 3 atom stereocenters. The standard InChI is InChI=1S/C18H36N2O/c1-4-10-19-17-16(6-5-9-18(17,2)3)14-20-11-7-15(13-20)8-12-21/h15-17,19,21H,4-14H2,1-3H3. The van der Waals surface area contributed by atoms with Crippen LogP contribution in [-0.2, 0) is 0 Å². The van der Waals surface area contributed by atoms with Gasteiger partial charge in [-0.1, -0.05) is 27.2 Å². The van der Waals surface area contributed by atoms with Crippen LogP contribution in [-0.4, -0.2) is 48.8 Å². The summed E-state index contributed by atoms with van der Waals surface area (Å²) in [7, 11) is 0. The zero-order chi connectivity index (χ0) is 15.3. The first-order valence-corrected chi connectivity index (χ1v) is 9.13. The van der Waals surface area contributed by atoms with Crippen LogP contribution in [0.3, 0.4) is 0 Å². The monoisotopic (exact) mass is 296 g/mol. The Hall–Kier alpha value is -0.120. The van der Waals surface area contributed by atoms with E-state index >= 15 is 0 Å². The summed E-state index contributed by atoms with van der Waals surface area (Å²) in [5, 5.41) is 13.0. The van der Waals surface area contributed by atoms with Crippen LogP contribution in [0, 0.1) is 17.3 Å². The second kappa shape index (κ2) is 7.94. The first kappa shape index (κ1) is 17.2. The molecule has 2 aliphatic rings. The highest BCUT2D eigenvalue weighted by molar-refractivity contribution is 4.95. The third-order valence-corrected chi connectivity index (χ3v) is 5.72. The lowest BCUT2D eigenvalue weighted by Gasteiger charge is -2.46. The van der Waals surface area contributed by atoms with E-state index in [0.717, 1.165) is 24.8 Å². The molecule has 1 aliphatic heterocycles. The van der Waals surface area contributed by atoms with Crippen LogP contribution >= 0.6 is 0 Å². The molecule has 124 valence electrons. The van der Waals surface area contributed by atoms with Gasteiger partial charge in [-0.2, -0.15) is 0 Å². The van der Waals surface area contributed by atoms with Crippen molar-refractivity contribution in [2.45, 2.75) is 65.3 Å². The molecule has 0 aromatic heterocycles. The molecule has 0 amide bonds. The van der Waals surface area contributed by atoms with Crippen LogP contribution in [0.15, 0.2) is 0 Å². The molecular formula is C18H36N2O. The predicted octanol–water partition coefficient (Wildman–Crippen LogP) is 2.89. The summed E-state index contributed by atoms with van der Waals surface area (Å²) >= 11 is 0. The summed E-state index contributed by atoms with van der Waals surface area (Å²) in [5.74, 6) is 1.53. The lowest BCUT2D eigenvalue weighted by Crippen LogP contribution is -2.52. The van der Waals surface area contributed by atoms with Gasteiger partial charge in [-0.05, 0) is 62.4 Å². The normalized spacial score (nSPS) is 33.4. The third-order valence-electron chi connectivity index (χ3n) is 5.72. The SMILES string of the molecule is CCCNC1C(CN2CCC(CCO)C2)CCCC1(C)C. The fourth-order valence-electron chi connectivity index (χ4n) is 4.55. The fraction of sp³-hybridized carbons (Fsp3) is 1.00. The van der Waals surface area contributed by atoms with E-state index in [4.69, 9.17) is 5.11 Å². The molecule has 2 fully saturated rings. The van der Waals surface area contributed by atoms with Crippen LogP contribution in [0.5, 0.6) is 0 Å². The van der Waals surface area contributed by atoms with Gasteiger partial charge >= 0.3 is 0 Å². The van der Waals surface area contributed by atoms with Gasteiger partial charge in [0, 0.05) is 25.7 Å². The van der Waals surface area contributed by atoms with E-state index in [0.29, 0.717) is 18.1 Å². The molecule has 1 aliphatic carbocycles. The van der Waals surface area contributed by atoms with Gasteiger partial charge < -0.3 is 15.3 Å². The smallest absolute Gasteiger partial charge is 0.0434 e. The van der Waals surface area contributed by atoms with Crippen molar-refractivity contribution in [1.29, 1.82) is 0 Å². The van der Waals surface area contributed by atoms with Crippen LogP contribution < -0.4 is 5.32 Å². The Bertz CT molecular complexity index is 306. The van der Waals surface area contributed by atoms with Crippen molar-refractivity contribution >= 4 is 0 Å².